The summed E-state index contributed by atoms with van der Waals surface area (Å²) in [4.78, 5) is 28.5. The normalized spacial score (nSPS) is 16.8. The van der Waals surface area contributed by atoms with Gasteiger partial charge in [0.2, 0.25) is 0 Å². The zero-order chi connectivity index (χ0) is 27.9. The van der Waals surface area contributed by atoms with E-state index in [1.807, 2.05) is 0 Å². The van der Waals surface area contributed by atoms with Crippen molar-refractivity contribution in [3.63, 3.8) is 0 Å². The number of esters is 1. The third kappa shape index (κ3) is 5.47. The molecule has 2 atom stereocenters. The van der Waals surface area contributed by atoms with Crippen LogP contribution in [0.25, 0.3) is 0 Å². The molecule has 0 bridgehead atoms. The largest absolute Gasteiger partial charge is 0.467 e. The summed E-state index contributed by atoms with van der Waals surface area (Å²) >= 11 is 0. The number of halogens is 6. The zero-order valence-electron chi connectivity index (χ0n) is 20.8. The number of aryl methyl sites for hydroxylation is 2. The van der Waals surface area contributed by atoms with Crippen LogP contribution >= 0.6 is 0 Å². The maximum Gasteiger partial charge on any atom is 0.416 e. The van der Waals surface area contributed by atoms with Gasteiger partial charge < -0.3 is 14.4 Å². The quantitative estimate of drug-likeness (QED) is 0.336. The second-order valence-corrected chi connectivity index (χ2v) is 8.74. The van der Waals surface area contributed by atoms with Gasteiger partial charge in [-0.05, 0) is 67.3 Å². The fourth-order valence-electron chi connectivity index (χ4n) is 4.41. The molecule has 3 rings (SSSR count). The van der Waals surface area contributed by atoms with E-state index in [9.17, 15) is 35.9 Å². The van der Waals surface area contributed by atoms with Crippen LogP contribution < -0.4 is 9.80 Å². The molecule has 0 aromatic heterocycles. The van der Waals surface area contributed by atoms with Crippen LogP contribution in [0.5, 0.6) is 0 Å². The summed E-state index contributed by atoms with van der Waals surface area (Å²) in [5.41, 5.74) is -1.56. The lowest BCUT2D eigenvalue weighted by molar-refractivity contribution is -0.145. The van der Waals surface area contributed by atoms with Gasteiger partial charge in [0.25, 0.3) is 0 Å². The van der Waals surface area contributed by atoms with E-state index in [2.05, 4.69) is 0 Å². The predicted octanol–water partition coefficient (Wildman–Crippen LogP) is 6.43. The molecule has 6 nitrogen and oxygen atoms in total. The number of alkyl halides is 6. The van der Waals surface area contributed by atoms with Gasteiger partial charge in [-0.1, -0.05) is 6.92 Å². The Morgan fingerprint density at radius 2 is 1.41 bits per heavy atom. The molecule has 0 radical (unpaired) electrons. The number of fused-ring (bicyclic) bond motifs is 1. The zero-order valence-corrected chi connectivity index (χ0v) is 20.8. The van der Waals surface area contributed by atoms with Crippen LogP contribution in [0.4, 0.5) is 42.5 Å². The monoisotopic (exact) mass is 532 g/mol. The van der Waals surface area contributed by atoms with E-state index in [1.54, 1.807) is 32.9 Å². The van der Waals surface area contributed by atoms with Crippen molar-refractivity contribution in [2.24, 2.45) is 0 Å². The number of rotatable bonds is 4. The minimum atomic E-state index is -5.10. The highest BCUT2D eigenvalue weighted by Crippen LogP contribution is 2.45. The van der Waals surface area contributed by atoms with Crippen molar-refractivity contribution in [2.45, 2.75) is 51.6 Å². The molecule has 0 N–H and O–H groups in total. The minimum absolute atomic E-state index is 0.00331. The highest BCUT2D eigenvalue weighted by Gasteiger charge is 2.43. The van der Waals surface area contributed by atoms with E-state index in [0.29, 0.717) is 24.2 Å². The molecule has 0 aliphatic carbocycles. The van der Waals surface area contributed by atoms with Crippen LogP contribution in [0.3, 0.4) is 0 Å². The summed E-state index contributed by atoms with van der Waals surface area (Å²) in [5, 5.41) is 0. The van der Waals surface area contributed by atoms with Crippen molar-refractivity contribution in [1.82, 2.24) is 0 Å². The maximum atomic E-state index is 13.6. The Bertz CT molecular complexity index is 1160. The van der Waals surface area contributed by atoms with Crippen LogP contribution in [0.1, 0.15) is 47.2 Å². The van der Waals surface area contributed by atoms with Gasteiger partial charge in [-0.15, -0.1) is 0 Å². The second-order valence-electron chi connectivity index (χ2n) is 8.74. The molecule has 12 heteroatoms. The molecule has 2 aromatic carbocycles. The molecule has 1 amide bonds. The molecule has 0 saturated heterocycles. The molecule has 0 fully saturated rings. The Hall–Kier alpha value is -3.44. The average Bonchev–Trinajstić information content (AvgIpc) is 2.82. The first-order chi connectivity index (χ1) is 17.1. The van der Waals surface area contributed by atoms with Gasteiger partial charge in [-0.25, -0.2) is 9.59 Å². The van der Waals surface area contributed by atoms with Gasteiger partial charge in [0.15, 0.2) is 6.04 Å². The Kier molecular flexibility index (Phi) is 7.71. The predicted molar refractivity (Wildman–Crippen MR) is 123 cm³/mol. The smallest absolute Gasteiger partial charge is 0.416 e. The van der Waals surface area contributed by atoms with E-state index in [0.717, 1.165) is 18.2 Å². The van der Waals surface area contributed by atoms with E-state index in [-0.39, 0.29) is 18.3 Å². The van der Waals surface area contributed by atoms with E-state index < -0.39 is 53.2 Å². The van der Waals surface area contributed by atoms with Crippen molar-refractivity contribution in [1.29, 1.82) is 0 Å². The number of hydrogen-bond acceptors (Lipinski definition) is 5. The van der Waals surface area contributed by atoms with Crippen LogP contribution in [-0.4, -0.2) is 38.9 Å². The van der Waals surface area contributed by atoms with Gasteiger partial charge in [0.05, 0.1) is 42.8 Å². The summed E-state index contributed by atoms with van der Waals surface area (Å²) in [6.07, 6.45) is -10.5. The van der Waals surface area contributed by atoms with Gasteiger partial charge >= 0.3 is 24.4 Å². The fraction of sp³-hybridized carbons (Fsp3) is 0.440. The Morgan fingerprint density at radius 1 is 0.892 bits per heavy atom. The summed E-state index contributed by atoms with van der Waals surface area (Å²) < 4.78 is 91.4. The molecule has 1 aliphatic heterocycles. The van der Waals surface area contributed by atoms with Crippen LogP contribution in [0.15, 0.2) is 30.3 Å². The highest BCUT2D eigenvalue weighted by molar-refractivity contribution is 5.96. The Balaban J connectivity index is 2.33. The van der Waals surface area contributed by atoms with Gasteiger partial charge in [0.1, 0.15) is 0 Å². The summed E-state index contributed by atoms with van der Waals surface area (Å²) in [7, 11) is 2.19. The second kappa shape index (κ2) is 10.1. The number of amides is 1. The molecule has 1 unspecified atom stereocenters. The van der Waals surface area contributed by atoms with Gasteiger partial charge in [-0.2, -0.15) is 26.3 Å². The van der Waals surface area contributed by atoms with Crippen molar-refractivity contribution < 1.29 is 45.4 Å². The molecule has 2 aromatic rings. The summed E-state index contributed by atoms with van der Waals surface area (Å²) in [5.74, 6) is -1.06. The summed E-state index contributed by atoms with van der Waals surface area (Å²) in [6, 6.07) is 2.06. The topological polar surface area (TPSA) is 59.1 Å². The van der Waals surface area contributed by atoms with Crippen LogP contribution in [0.2, 0.25) is 0 Å². The lowest BCUT2D eigenvalue weighted by Gasteiger charge is -2.45. The van der Waals surface area contributed by atoms with E-state index in [4.69, 9.17) is 9.47 Å². The number of carbonyl (C=O) groups is 2. The Morgan fingerprint density at radius 3 is 1.84 bits per heavy atom. The Labute approximate surface area is 209 Å². The average molecular weight is 532 g/mol. The molecule has 1 aliphatic rings. The molecule has 1 heterocycles. The summed E-state index contributed by atoms with van der Waals surface area (Å²) in [6.45, 7) is 5.20. The third-order valence-electron chi connectivity index (χ3n) is 6.44. The lowest BCUT2D eigenvalue weighted by Crippen LogP contribution is -2.53. The van der Waals surface area contributed by atoms with E-state index in [1.165, 1.54) is 16.9 Å². The number of methoxy groups -OCH3 is 2. The number of ether oxygens (including phenoxy) is 2. The minimum Gasteiger partial charge on any atom is -0.467 e. The van der Waals surface area contributed by atoms with Crippen LogP contribution in [0, 0.1) is 13.8 Å². The SMILES string of the molecule is CC[C@H]1CN(C(C(=O)OC)c2cc(C(F)(F)F)cc(C(F)(F)F)c2)c2cc(C)c(C)cc2N1C(=O)OC. The standard InChI is InChI=1S/C25H26F6N2O4/c1-6-18-12-32(19-7-13(2)14(3)8-20(19)33(18)23(35)37-5)21(22(34)36-4)15-9-16(24(26,27)28)11-17(10-15)25(29,30)31/h7-11,18,21H,6,12H2,1-5H3/t18-,21?/m0/s1. The molecule has 0 spiro atoms. The molecule has 202 valence electrons. The van der Waals surface area contributed by atoms with E-state index >= 15 is 0 Å². The number of anilines is 2. The molecular weight excluding hydrogens is 506 g/mol. The number of nitrogens with zero attached hydrogens (tertiary/aromatic N) is 2. The molecular formula is C25H26F6N2O4. The fourth-order valence-corrected chi connectivity index (χ4v) is 4.41. The van der Waals surface area contributed by atoms with Crippen LogP contribution in [-0.2, 0) is 26.6 Å². The maximum absolute atomic E-state index is 13.6. The number of carbonyl (C=O) groups excluding carboxylic acids is 2. The number of benzene rings is 2. The first-order valence-electron chi connectivity index (χ1n) is 11.3. The van der Waals surface area contributed by atoms with Crippen molar-refractivity contribution in [3.8, 4) is 0 Å². The van der Waals surface area contributed by atoms with Gasteiger partial charge in [-0.3, -0.25) is 4.90 Å². The molecule has 0 saturated carbocycles. The first-order valence-corrected chi connectivity index (χ1v) is 11.3. The van der Waals surface area contributed by atoms with Crippen molar-refractivity contribution in [2.75, 3.05) is 30.6 Å². The first kappa shape index (κ1) is 28.1. The number of hydrogen-bond donors (Lipinski definition) is 0. The lowest BCUT2D eigenvalue weighted by atomic mass is 9.94. The molecule has 37 heavy (non-hydrogen) atoms. The highest BCUT2D eigenvalue weighted by atomic mass is 19.4. The third-order valence-corrected chi connectivity index (χ3v) is 6.44. The van der Waals surface area contributed by atoms with Crippen molar-refractivity contribution in [3.05, 3.63) is 58.1 Å². The van der Waals surface area contributed by atoms with Gasteiger partial charge in [0, 0.05) is 6.54 Å². The van der Waals surface area contributed by atoms with Crippen molar-refractivity contribution >= 4 is 23.4 Å².